The van der Waals surface area contributed by atoms with Gasteiger partial charge in [-0.05, 0) is 37.2 Å². The second kappa shape index (κ2) is 6.01. The van der Waals surface area contributed by atoms with Crippen LogP contribution in [0.15, 0.2) is 29.2 Å². The smallest absolute Gasteiger partial charge is 0.178 e. The molecule has 0 saturated heterocycles. The van der Waals surface area contributed by atoms with Crippen molar-refractivity contribution >= 4 is 9.84 Å². The predicted octanol–water partition coefficient (Wildman–Crippen LogP) is 1.63. The van der Waals surface area contributed by atoms with Crippen molar-refractivity contribution in [1.29, 1.82) is 0 Å². The Morgan fingerprint density at radius 2 is 1.75 bits per heavy atom. The summed E-state index contributed by atoms with van der Waals surface area (Å²) in [5.41, 5.74) is 1.16. The summed E-state index contributed by atoms with van der Waals surface area (Å²) in [5.74, 6) is 0.156. The fourth-order valence-corrected chi connectivity index (χ4v) is 2.32. The molecule has 0 atom stereocenters. The first kappa shape index (κ1) is 13.2. The third-order valence-electron chi connectivity index (χ3n) is 2.50. The maximum absolute atomic E-state index is 11.6. The second-order valence-electron chi connectivity index (χ2n) is 3.65. The van der Waals surface area contributed by atoms with Crippen molar-refractivity contribution in [2.75, 3.05) is 18.8 Å². The van der Waals surface area contributed by atoms with Gasteiger partial charge in [-0.1, -0.05) is 26.0 Å². The number of rotatable bonds is 6. The molecule has 0 unspecified atom stereocenters. The van der Waals surface area contributed by atoms with Gasteiger partial charge in [0.1, 0.15) is 0 Å². The average Bonchev–Trinajstić information content (AvgIpc) is 2.30. The molecule has 1 N–H and O–H groups in total. The van der Waals surface area contributed by atoms with Gasteiger partial charge in [-0.2, -0.15) is 0 Å². The summed E-state index contributed by atoms with van der Waals surface area (Å²) in [6.45, 7) is 5.62. The zero-order chi connectivity index (χ0) is 12.0. The van der Waals surface area contributed by atoms with Gasteiger partial charge < -0.3 is 5.32 Å². The SMILES string of the molecule is CCNCCc1ccc(S(=O)(=O)CC)cc1. The molecule has 4 heteroatoms. The molecular formula is C12H19NO2S. The molecule has 0 fully saturated rings. The van der Waals surface area contributed by atoms with E-state index in [1.54, 1.807) is 19.1 Å². The summed E-state index contributed by atoms with van der Waals surface area (Å²) in [4.78, 5) is 0.419. The number of benzene rings is 1. The summed E-state index contributed by atoms with van der Waals surface area (Å²) < 4.78 is 23.1. The van der Waals surface area contributed by atoms with Crippen LogP contribution in [0.3, 0.4) is 0 Å². The Hall–Kier alpha value is -0.870. The van der Waals surface area contributed by atoms with Crippen LogP contribution < -0.4 is 5.32 Å². The van der Waals surface area contributed by atoms with Crippen molar-refractivity contribution in [1.82, 2.24) is 5.32 Å². The molecule has 90 valence electrons. The van der Waals surface area contributed by atoms with Crippen LogP contribution in [0, 0.1) is 0 Å². The molecule has 0 saturated carbocycles. The van der Waals surface area contributed by atoms with Gasteiger partial charge in [0.25, 0.3) is 0 Å². The number of hydrogen-bond donors (Lipinski definition) is 1. The molecule has 0 aliphatic heterocycles. The first-order valence-corrected chi connectivity index (χ1v) is 7.27. The van der Waals surface area contributed by atoms with Crippen molar-refractivity contribution < 1.29 is 8.42 Å². The van der Waals surface area contributed by atoms with Crippen molar-refractivity contribution in [2.24, 2.45) is 0 Å². The van der Waals surface area contributed by atoms with E-state index in [0.717, 1.165) is 25.1 Å². The van der Waals surface area contributed by atoms with Crippen molar-refractivity contribution in [3.05, 3.63) is 29.8 Å². The normalized spacial score (nSPS) is 11.6. The third-order valence-corrected chi connectivity index (χ3v) is 4.25. The zero-order valence-corrected chi connectivity index (χ0v) is 10.7. The van der Waals surface area contributed by atoms with Gasteiger partial charge in [-0.15, -0.1) is 0 Å². The maximum atomic E-state index is 11.6. The molecule has 1 rings (SSSR count). The molecule has 3 nitrogen and oxygen atoms in total. The monoisotopic (exact) mass is 241 g/mol. The Kier molecular flexibility index (Phi) is 4.96. The van der Waals surface area contributed by atoms with Crippen LogP contribution in [0.2, 0.25) is 0 Å². The van der Waals surface area contributed by atoms with Gasteiger partial charge >= 0.3 is 0 Å². The predicted molar refractivity (Wildman–Crippen MR) is 66.4 cm³/mol. The standard InChI is InChI=1S/C12H19NO2S/c1-3-13-10-9-11-5-7-12(8-6-11)16(14,15)4-2/h5-8,13H,3-4,9-10H2,1-2H3. The fourth-order valence-electron chi connectivity index (χ4n) is 1.44. The maximum Gasteiger partial charge on any atom is 0.178 e. The van der Waals surface area contributed by atoms with Gasteiger partial charge in [-0.3, -0.25) is 0 Å². The summed E-state index contributed by atoms with van der Waals surface area (Å²) >= 11 is 0. The van der Waals surface area contributed by atoms with Crippen molar-refractivity contribution in [2.45, 2.75) is 25.2 Å². The van der Waals surface area contributed by atoms with Crippen LogP contribution in [-0.2, 0) is 16.3 Å². The average molecular weight is 241 g/mol. The topological polar surface area (TPSA) is 46.2 Å². The number of sulfone groups is 1. The zero-order valence-electron chi connectivity index (χ0n) is 9.86. The van der Waals surface area contributed by atoms with E-state index in [1.165, 1.54) is 0 Å². The first-order valence-electron chi connectivity index (χ1n) is 5.62. The van der Waals surface area contributed by atoms with Gasteiger partial charge in [-0.25, -0.2) is 8.42 Å². The van der Waals surface area contributed by atoms with Gasteiger partial charge in [0.2, 0.25) is 0 Å². The summed E-state index contributed by atoms with van der Waals surface area (Å²) in [6.07, 6.45) is 0.931. The molecule has 0 aliphatic carbocycles. The summed E-state index contributed by atoms with van der Waals surface area (Å²) in [7, 11) is -3.06. The Morgan fingerprint density at radius 1 is 1.12 bits per heavy atom. The molecule has 0 bridgehead atoms. The highest BCUT2D eigenvalue weighted by molar-refractivity contribution is 7.91. The molecule has 16 heavy (non-hydrogen) atoms. The molecule has 1 aromatic carbocycles. The highest BCUT2D eigenvalue weighted by Gasteiger charge is 2.10. The summed E-state index contributed by atoms with van der Waals surface area (Å²) in [6, 6.07) is 7.17. The largest absolute Gasteiger partial charge is 0.317 e. The first-order chi connectivity index (χ1) is 7.60. The fraction of sp³-hybridized carbons (Fsp3) is 0.500. The van der Waals surface area contributed by atoms with E-state index in [-0.39, 0.29) is 5.75 Å². The van der Waals surface area contributed by atoms with Crippen LogP contribution in [0.5, 0.6) is 0 Å². The van der Waals surface area contributed by atoms with Gasteiger partial charge in [0, 0.05) is 0 Å². The lowest BCUT2D eigenvalue weighted by Gasteiger charge is -2.04. The lowest BCUT2D eigenvalue weighted by molar-refractivity contribution is 0.597. The Morgan fingerprint density at radius 3 is 2.25 bits per heavy atom. The summed E-state index contributed by atoms with van der Waals surface area (Å²) in [5, 5.41) is 3.23. The lowest BCUT2D eigenvalue weighted by atomic mass is 10.1. The van der Waals surface area contributed by atoms with Crippen LogP contribution in [-0.4, -0.2) is 27.3 Å². The Labute approximate surface area is 97.8 Å². The number of likely N-dealkylation sites (N-methyl/N-ethyl adjacent to an activating group) is 1. The molecule has 0 radical (unpaired) electrons. The van der Waals surface area contributed by atoms with E-state index >= 15 is 0 Å². The van der Waals surface area contributed by atoms with Crippen LogP contribution in [0.25, 0.3) is 0 Å². The van der Waals surface area contributed by atoms with Crippen LogP contribution in [0.4, 0.5) is 0 Å². The quantitative estimate of drug-likeness (QED) is 0.770. The van der Waals surface area contributed by atoms with Gasteiger partial charge in [0.15, 0.2) is 9.84 Å². The molecular weight excluding hydrogens is 222 g/mol. The molecule has 0 heterocycles. The molecule has 0 spiro atoms. The van der Waals surface area contributed by atoms with E-state index in [2.05, 4.69) is 12.2 Å². The lowest BCUT2D eigenvalue weighted by Crippen LogP contribution is -2.16. The van der Waals surface area contributed by atoms with E-state index in [4.69, 9.17) is 0 Å². The minimum Gasteiger partial charge on any atom is -0.317 e. The highest BCUT2D eigenvalue weighted by atomic mass is 32.2. The van der Waals surface area contributed by atoms with Crippen LogP contribution in [0.1, 0.15) is 19.4 Å². The second-order valence-corrected chi connectivity index (χ2v) is 5.93. The van der Waals surface area contributed by atoms with Crippen LogP contribution >= 0.6 is 0 Å². The van der Waals surface area contributed by atoms with E-state index in [1.807, 2.05) is 12.1 Å². The van der Waals surface area contributed by atoms with Crippen molar-refractivity contribution in [3.8, 4) is 0 Å². The Bertz CT molecular complexity index is 409. The Balaban J connectivity index is 2.68. The van der Waals surface area contributed by atoms with Crippen molar-refractivity contribution in [3.63, 3.8) is 0 Å². The minimum atomic E-state index is -3.06. The van der Waals surface area contributed by atoms with Gasteiger partial charge in [0.05, 0.1) is 10.6 Å². The van der Waals surface area contributed by atoms with E-state index in [0.29, 0.717) is 4.90 Å². The molecule has 0 aromatic heterocycles. The molecule has 1 aromatic rings. The third kappa shape index (κ3) is 3.61. The van der Waals surface area contributed by atoms with E-state index in [9.17, 15) is 8.42 Å². The number of hydrogen-bond acceptors (Lipinski definition) is 3. The highest BCUT2D eigenvalue weighted by Crippen LogP contribution is 2.12. The molecule has 0 amide bonds. The minimum absolute atomic E-state index is 0.156. The molecule has 0 aliphatic rings. The van der Waals surface area contributed by atoms with E-state index < -0.39 is 9.84 Å². The number of nitrogens with one attached hydrogen (secondary N) is 1.